The van der Waals surface area contributed by atoms with Crippen molar-refractivity contribution in [2.24, 2.45) is 17.8 Å². The molecule has 0 saturated carbocycles. The molecule has 0 aromatic carbocycles. The van der Waals surface area contributed by atoms with Gasteiger partial charge in [0.25, 0.3) is 0 Å². The average Bonchev–Trinajstić information content (AvgIpc) is 2.08. The minimum atomic E-state index is 0.376. The first-order chi connectivity index (χ1) is 6.02. The molecule has 1 saturated heterocycles. The largest absolute Gasteiger partial charge is 0.360 e. The zero-order chi connectivity index (χ0) is 10.0. The molecule has 76 valence electrons. The molecule has 0 radical (unpaired) electrons. The smallest absolute Gasteiger partial charge is 0.0983 e. The summed E-state index contributed by atoms with van der Waals surface area (Å²) in [6.45, 7) is 11.0. The second-order valence-electron chi connectivity index (χ2n) is 4.73. The highest BCUT2D eigenvalue weighted by Crippen LogP contribution is 2.23. The van der Waals surface area contributed by atoms with Gasteiger partial charge in [-0.2, -0.15) is 0 Å². The number of likely N-dealkylation sites (tertiary alicyclic amines) is 1. The third-order valence-corrected chi connectivity index (χ3v) is 3.22. The molecule has 2 atom stereocenters. The molecule has 0 aromatic rings. The SMILES string of the molecule is CC(C)C(=N)N1CCC(C)C(C)C1. The van der Waals surface area contributed by atoms with E-state index >= 15 is 0 Å². The Morgan fingerprint density at radius 2 is 1.92 bits per heavy atom. The molecule has 1 heterocycles. The monoisotopic (exact) mass is 182 g/mol. The Hall–Kier alpha value is -0.530. The lowest BCUT2D eigenvalue weighted by Gasteiger charge is -2.37. The Kier molecular flexibility index (Phi) is 3.34. The van der Waals surface area contributed by atoms with Crippen LogP contribution in [0.2, 0.25) is 0 Å². The molecule has 0 bridgehead atoms. The Labute approximate surface area is 81.8 Å². The number of nitrogens with one attached hydrogen (secondary N) is 1. The quantitative estimate of drug-likeness (QED) is 0.490. The van der Waals surface area contributed by atoms with E-state index < -0.39 is 0 Å². The fourth-order valence-corrected chi connectivity index (χ4v) is 1.85. The molecule has 2 nitrogen and oxygen atoms in total. The van der Waals surface area contributed by atoms with Crippen molar-refractivity contribution in [3.63, 3.8) is 0 Å². The van der Waals surface area contributed by atoms with Crippen LogP contribution in [0.5, 0.6) is 0 Å². The second-order valence-corrected chi connectivity index (χ2v) is 4.73. The zero-order valence-electron chi connectivity index (χ0n) is 9.30. The van der Waals surface area contributed by atoms with Gasteiger partial charge in [-0.1, -0.05) is 27.7 Å². The van der Waals surface area contributed by atoms with Gasteiger partial charge in [0, 0.05) is 19.0 Å². The Bertz CT molecular complexity index is 187. The molecule has 1 rings (SSSR count). The number of nitrogens with zero attached hydrogens (tertiary/aromatic N) is 1. The molecule has 0 aromatic heterocycles. The standard InChI is InChI=1S/C11H22N2/c1-8(2)11(12)13-6-5-9(3)10(4)7-13/h8-10,12H,5-7H2,1-4H3. The maximum atomic E-state index is 7.92. The predicted molar refractivity (Wildman–Crippen MR) is 57.1 cm³/mol. The van der Waals surface area contributed by atoms with Crippen molar-refractivity contribution in [1.82, 2.24) is 4.90 Å². The topological polar surface area (TPSA) is 27.1 Å². The van der Waals surface area contributed by atoms with Gasteiger partial charge in [-0.25, -0.2) is 0 Å². The fourth-order valence-electron chi connectivity index (χ4n) is 1.85. The molecular weight excluding hydrogens is 160 g/mol. The first-order valence-corrected chi connectivity index (χ1v) is 5.35. The summed E-state index contributed by atoms with van der Waals surface area (Å²) in [5.41, 5.74) is 0. The molecule has 1 N–H and O–H groups in total. The van der Waals surface area contributed by atoms with E-state index in [9.17, 15) is 0 Å². The Morgan fingerprint density at radius 1 is 1.31 bits per heavy atom. The molecule has 1 aliphatic heterocycles. The Morgan fingerprint density at radius 3 is 2.38 bits per heavy atom. The van der Waals surface area contributed by atoms with E-state index in [0.717, 1.165) is 30.8 Å². The average molecular weight is 182 g/mol. The molecule has 0 amide bonds. The number of amidine groups is 1. The van der Waals surface area contributed by atoms with Gasteiger partial charge in [0.05, 0.1) is 5.84 Å². The Balaban J connectivity index is 2.50. The third kappa shape index (κ3) is 2.45. The summed E-state index contributed by atoms with van der Waals surface area (Å²) in [7, 11) is 0. The van der Waals surface area contributed by atoms with Gasteiger partial charge in [0.2, 0.25) is 0 Å². The summed E-state index contributed by atoms with van der Waals surface area (Å²) in [4.78, 5) is 2.25. The second kappa shape index (κ2) is 4.12. The van der Waals surface area contributed by atoms with Crippen LogP contribution in [0.4, 0.5) is 0 Å². The molecule has 2 unspecified atom stereocenters. The lowest BCUT2D eigenvalue weighted by atomic mass is 9.88. The lowest BCUT2D eigenvalue weighted by Crippen LogP contribution is -2.43. The summed E-state index contributed by atoms with van der Waals surface area (Å²) < 4.78 is 0. The van der Waals surface area contributed by atoms with Crippen molar-refractivity contribution in [2.75, 3.05) is 13.1 Å². The highest BCUT2D eigenvalue weighted by atomic mass is 15.2. The van der Waals surface area contributed by atoms with Gasteiger partial charge in [-0.3, -0.25) is 5.41 Å². The van der Waals surface area contributed by atoms with E-state index in [-0.39, 0.29) is 0 Å². The maximum Gasteiger partial charge on any atom is 0.0983 e. The summed E-state index contributed by atoms with van der Waals surface area (Å²) in [6, 6.07) is 0. The first kappa shape index (κ1) is 10.6. The van der Waals surface area contributed by atoms with Crippen LogP contribution >= 0.6 is 0 Å². The number of piperidine rings is 1. The lowest BCUT2D eigenvalue weighted by molar-refractivity contribution is 0.198. The van der Waals surface area contributed by atoms with Crippen molar-refractivity contribution in [2.45, 2.75) is 34.1 Å². The van der Waals surface area contributed by atoms with Crippen molar-refractivity contribution < 1.29 is 0 Å². The van der Waals surface area contributed by atoms with Crippen LogP contribution in [0.25, 0.3) is 0 Å². The van der Waals surface area contributed by atoms with E-state index in [2.05, 4.69) is 32.6 Å². The van der Waals surface area contributed by atoms with Crippen LogP contribution in [0.3, 0.4) is 0 Å². The van der Waals surface area contributed by atoms with Gasteiger partial charge < -0.3 is 4.90 Å². The number of hydrogen-bond acceptors (Lipinski definition) is 1. The van der Waals surface area contributed by atoms with Crippen molar-refractivity contribution in [1.29, 1.82) is 5.41 Å². The van der Waals surface area contributed by atoms with Crippen molar-refractivity contribution >= 4 is 5.84 Å². The first-order valence-electron chi connectivity index (χ1n) is 5.35. The summed E-state index contributed by atoms with van der Waals surface area (Å²) in [5.74, 6) is 2.77. The normalized spacial score (nSPS) is 29.5. The van der Waals surface area contributed by atoms with Crippen LogP contribution in [0.1, 0.15) is 34.1 Å². The maximum absolute atomic E-state index is 7.92. The summed E-state index contributed by atoms with van der Waals surface area (Å²) >= 11 is 0. The molecular formula is C11H22N2. The van der Waals surface area contributed by atoms with Gasteiger partial charge in [-0.05, 0) is 18.3 Å². The van der Waals surface area contributed by atoms with E-state index in [0.29, 0.717) is 5.92 Å². The summed E-state index contributed by atoms with van der Waals surface area (Å²) in [5, 5.41) is 7.92. The van der Waals surface area contributed by atoms with Crippen molar-refractivity contribution in [3.05, 3.63) is 0 Å². The van der Waals surface area contributed by atoms with E-state index in [1.165, 1.54) is 6.42 Å². The van der Waals surface area contributed by atoms with Gasteiger partial charge in [0.15, 0.2) is 0 Å². The molecule has 2 heteroatoms. The summed E-state index contributed by atoms with van der Waals surface area (Å²) in [6.07, 6.45) is 1.25. The molecule has 1 fully saturated rings. The minimum Gasteiger partial charge on any atom is -0.360 e. The van der Waals surface area contributed by atoms with Crippen LogP contribution < -0.4 is 0 Å². The van der Waals surface area contributed by atoms with Gasteiger partial charge in [-0.15, -0.1) is 0 Å². The van der Waals surface area contributed by atoms with Crippen LogP contribution in [0, 0.1) is 23.2 Å². The van der Waals surface area contributed by atoms with E-state index in [4.69, 9.17) is 5.41 Å². The molecule has 13 heavy (non-hydrogen) atoms. The van der Waals surface area contributed by atoms with Crippen LogP contribution in [0.15, 0.2) is 0 Å². The van der Waals surface area contributed by atoms with Crippen LogP contribution in [-0.4, -0.2) is 23.8 Å². The predicted octanol–water partition coefficient (Wildman–Crippen LogP) is 2.60. The molecule has 0 aliphatic carbocycles. The molecule has 0 spiro atoms. The van der Waals surface area contributed by atoms with E-state index in [1.807, 2.05) is 0 Å². The number of hydrogen-bond donors (Lipinski definition) is 1. The van der Waals surface area contributed by atoms with E-state index in [1.54, 1.807) is 0 Å². The zero-order valence-corrected chi connectivity index (χ0v) is 9.30. The van der Waals surface area contributed by atoms with Crippen molar-refractivity contribution in [3.8, 4) is 0 Å². The number of rotatable bonds is 1. The minimum absolute atomic E-state index is 0.376. The van der Waals surface area contributed by atoms with Gasteiger partial charge >= 0.3 is 0 Å². The third-order valence-electron chi connectivity index (χ3n) is 3.22. The van der Waals surface area contributed by atoms with Gasteiger partial charge in [0.1, 0.15) is 0 Å². The highest BCUT2D eigenvalue weighted by molar-refractivity contribution is 5.81. The fraction of sp³-hybridized carbons (Fsp3) is 0.909. The highest BCUT2D eigenvalue weighted by Gasteiger charge is 2.24. The van der Waals surface area contributed by atoms with Crippen LogP contribution in [-0.2, 0) is 0 Å². The molecule has 1 aliphatic rings.